The number of ether oxygens (including phenoxy) is 8. The van der Waals surface area contributed by atoms with E-state index < -0.39 is 90.1 Å². The van der Waals surface area contributed by atoms with Crippen molar-refractivity contribution in [3.63, 3.8) is 0 Å². The van der Waals surface area contributed by atoms with Gasteiger partial charge in [-0.1, -0.05) is 29.7 Å². The molecule has 3 unspecified atom stereocenters. The summed E-state index contributed by atoms with van der Waals surface area (Å²) in [5.74, 6) is -2.39. The molecule has 0 bridgehead atoms. The molecule has 1 aromatic rings. The first-order valence-corrected chi connectivity index (χ1v) is 22.5. The highest BCUT2D eigenvalue weighted by atomic mass is 16.7. The normalized spacial score (nSPS) is 41.6. The first kappa shape index (κ1) is 46.1. The molecule has 4 aliphatic carbocycles. The summed E-state index contributed by atoms with van der Waals surface area (Å²) in [6, 6.07) is -0.815. The van der Waals surface area contributed by atoms with Gasteiger partial charge in [-0.25, -0.2) is 9.48 Å². The van der Waals surface area contributed by atoms with E-state index in [2.05, 4.69) is 24.2 Å². The molecular formula is C45H61N3O16. The number of Topliss-reactive ketones (excluding diaryl/α,β-unsaturated/α-hetero) is 1. The Labute approximate surface area is 371 Å². The monoisotopic (exact) mass is 899 g/mol. The molecule has 17 atom stereocenters. The van der Waals surface area contributed by atoms with Crippen molar-refractivity contribution in [1.29, 1.82) is 0 Å². The van der Waals surface area contributed by atoms with Crippen LogP contribution in [-0.4, -0.2) is 135 Å². The molecule has 8 rings (SSSR count). The van der Waals surface area contributed by atoms with Crippen LogP contribution in [0, 0.1) is 40.4 Å². The minimum Gasteiger partial charge on any atom is -0.473 e. The summed E-state index contributed by atoms with van der Waals surface area (Å²) in [4.78, 5) is 75.9. The van der Waals surface area contributed by atoms with Crippen molar-refractivity contribution in [3.8, 4) is 5.88 Å². The van der Waals surface area contributed by atoms with Gasteiger partial charge in [-0.15, -0.1) is 0 Å². The number of fused-ring (bicyclic) bond motifs is 4. The predicted molar refractivity (Wildman–Crippen MR) is 216 cm³/mol. The number of aliphatic hydroxyl groups excluding tert-OH is 2. The van der Waals surface area contributed by atoms with E-state index in [0.717, 1.165) is 58.4 Å². The SMILES string of the molecule is CC(=O)OC[C@H]1O[C@@H](COc2cn([C@H]3CC(=O)[C@]4(C)C5CC[C@@]6(C)C(CC[C@@H]6[C@H](C)[C@H]6CC(C)=C(CO)C(=O)O6)C5C[C@H]5O[C@]54[C@H]3O)nn2)[C@H](OC(C)=O)[C@@H](OC(C)=O)[C@H]1OC(C)=O. The molecule has 1 spiro atoms. The third kappa shape index (κ3) is 7.60. The maximum atomic E-state index is 14.7. The lowest BCUT2D eigenvalue weighted by molar-refractivity contribution is -0.255. The molecule has 64 heavy (non-hydrogen) atoms. The summed E-state index contributed by atoms with van der Waals surface area (Å²) >= 11 is 0. The first-order valence-electron chi connectivity index (χ1n) is 22.5. The van der Waals surface area contributed by atoms with Crippen molar-refractivity contribution in [2.24, 2.45) is 40.4 Å². The van der Waals surface area contributed by atoms with Gasteiger partial charge in [0, 0.05) is 40.5 Å². The van der Waals surface area contributed by atoms with Gasteiger partial charge in [-0.05, 0) is 81.0 Å². The Morgan fingerprint density at radius 1 is 0.906 bits per heavy atom. The second-order valence-corrected chi connectivity index (χ2v) is 19.6. The molecule has 19 heteroatoms. The predicted octanol–water partition coefficient (Wildman–Crippen LogP) is 2.52. The lowest BCUT2D eigenvalue weighted by Crippen LogP contribution is -2.67. The third-order valence-electron chi connectivity index (χ3n) is 16.3. The molecule has 4 heterocycles. The van der Waals surface area contributed by atoms with Crippen LogP contribution in [0.5, 0.6) is 5.88 Å². The van der Waals surface area contributed by atoms with Crippen LogP contribution in [0.3, 0.4) is 0 Å². The summed E-state index contributed by atoms with van der Waals surface area (Å²) in [7, 11) is 0. The number of carbonyl (C=O) groups is 6. The molecule has 352 valence electrons. The second kappa shape index (κ2) is 17.1. The van der Waals surface area contributed by atoms with E-state index in [1.54, 1.807) is 0 Å². The maximum absolute atomic E-state index is 14.7. The number of ketones is 1. The Bertz CT molecular complexity index is 2090. The summed E-state index contributed by atoms with van der Waals surface area (Å²) in [5.41, 5.74) is -0.826. The molecule has 0 amide bonds. The topological polar surface area (TPSA) is 251 Å². The largest absolute Gasteiger partial charge is 0.473 e. The molecule has 3 aliphatic heterocycles. The molecule has 1 aromatic heterocycles. The van der Waals surface area contributed by atoms with E-state index >= 15 is 0 Å². The maximum Gasteiger partial charge on any atom is 0.336 e. The van der Waals surface area contributed by atoms with Crippen molar-refractivity contribution in [2.75, 3.05) is 19.8 Å². The molecule has 6 fully saturated rings. The Kier molecular flexibility index (Phi) is 12.3. The minimum atomic E-state index is -1.37. The van der Waals surface area contributed by atoms with Gasteiger partial charge in [0.1, 0.15) is 49.0 Å². The van der Waals surface area contributed by atoms with E-state index in [1.165, 1.54) is 17.8 Å². The van der Waals surface area contributed by atoms with Gasteiger partial charge in [-0.3, -0.25) is 24.0 Å². The quantitative estimate of drug-likeness (QED) is 0.174. The van der Waals surface area contributed by atoms with Gasteiger partial charge in [0.25, 0.3) is 5.88 Å². The number of hydrogen-bond acceptors (Lipinski definition) is 18. The molecular weight excluding hydrogens is 838 g/mol. The van der Waals surface area contributed by atoms with E-state index in [1.807, 2.05) is 13.8 Å². The number of nitrogens with zero attached hydrogens (tertiary/aromatic N) is 3. The van der Waals surface area contributed by atoms with Gasteiger partial charge in [-0.2, -0.15) is 0 Å². The van der Waals surface area contributed by atoms with E-state index in [9.17, 15) is 39.0 Å². The van der Waals surface area contributed by atoms with Crippen molar-refractivity contribution in [3.05, 3.63) is 17.3 Å². The average molecular weight is 900 g/mol. The van der Waals surface area contributed by atoms with Gasteiger partial charge in [0.05, 0.1) is 35.9 Å². The first-order chi connectivity index (χ1) is 30.2. The Hall–Kier alpha value is -4.46. The van der Waals surface area contributed by atoms with Gasteiger partial charge in [0.15, 0.2) is 18.3 Å². The minimum absolute atomic E-state index is 0.00180. The van der Waals surface area contributed by atoms with Gasteiger partial charge in [0.2, 0.25) is 0 Å². The van der Waals surface area contributed by atoms with Crippen molar-refractivity contribution in [1.82, 2.24) is 15.0 Å². The molecule has 2 saturated heterocycles. The number of rotatable bonds is 12. The highest BCUT2D eigenvalue weighted by Crippen LogP contribution is 2.74. The number of esters is 5. The van der Waals surface area contributed by atoms with Crippen LogP contribution in [0.15, 0.2) is 17.3 Å². The van der Waals surface area contributed by atoms with Crippen molar-refractivity contribution in [2.45, 2.75) is 161 Å². The van der Waals surface area contributed by atoms with Gasteiger partial charge < -0.3 is 48.1 Å². The number of aromatic nitrogens is 3. The number of epoxide rings is 1. The lowest BCUT2D eigenvalue weighted by atomic mass is 9.43. The van der Waals surface area contributed by atoms with Crippen LogP contribution in [0.2, 0.25) is 0 Å². The van der Waals surface area contributed by atoms with Crippen molar-refractivity contribution < 1.29 is 76.9 Å². The smallest absolute Gasteiger partial charge is 0.336 e. The van der Waals surface area contributed by atoms with Crippen LogP contribution in [-0.2, 0) is 61.9 Å². The lowest BCUT2D eigenvalue weighted by Gasteiger charge is -2.59. The Balaban J connectivity index is 0.969. The van der Waals surface area contributed by atoms with Gasteiger partial charge >= 0.3 is 29.8 Å². The van der Waals surface area contributed by atoms with E-state index in [0.29, 0.717) is 23.8 Å². The van der Waals surface area contributed by atoms with Crippen LogP contribution in [0.4, 0.5) is 0 Å². The summed E-state index contributed by atoms with van der Waals surface area (Å²) in [6.45, 7) is 12.0. The van der Waals surface area contributed by atoms with E-state index in [-0.39, 0.29) is 66.7 Å². The summed E-state index contributed by atoms with van der Waals surface area (Å²) in [5, 5.41) is 30.4. The molecule has 4 saturated carbocycles. The van der Waals surface area contributed by atoms with Crippen LogP contribution < -0.4 is 4.74 Å². The van der Waals surface area contributed by atoms with Crippen LogP contribution in [0.25, 0.3) is 0 Å². The third-order valence-corrected chi connectivity index (χ3v) is 16.3. The summed E-state index contributed by atoms with van der Waals surface area (Å²) in [6.07, 6.45) is -1.57. The molecule has 19 nitrogen and oxygen atoms in total. The van der Waals surface area contributed by atoms with Crippen molar-refractivity contribution >= 4 is 35.6 Å². The number of carbonyl (C=O) groups excluding carboxylic acids is 6. The Morgan fingerprint density at radius 2 is 1.56 bits per heavy atom. The second-order valence-electron chi connectivity index (χ2n) is 19.6. The fourth-order valence-electron chi connectivity index (χ4n) is 13.4. The highest BCUT2D eigenvalue weighted by molar-refractivity contribution is 5.90. The molecule has 2 N–H and O–H groups in total. The Morgan fingerprint density at radius 3 is 2.19 bits per heavy atom. The average Bonchev–Trinajstić information content (AvgIpc) is 3.58. The summed E-state index contributed by atoms with van der Waals surface area (Å²) < 4.78 is 47.7. The highest BCUT2D eigenvalue weighted by Gasteiger charge is 2.82. The fraction of sp³-hybridized carbons (Fsp3) is 0.778. The standard InChI is InChI=1S/C45H61N3O16/c1-20-13-32(63-42(56)27(20)17-49)21(2)28-9-10-29-26-14-36-45(64-36)41(55)31(15-35(54)44(45,8)30(26)11-12-43(28,29)7)48-16-37(46-47-48)58-19-34-39(60-24(5)52)40(61-25(6)53)38(59-23(4)51)33(62-34)18-57-22(3)50/h16,21,26,28-34,36,38-41,49,55H,9-15,17-19H2,1-8H3/t21-,26?,28+,29?,30?,31-,32+,33+,34-,36+,38-,39-,40-,41-,43+,44-,45-/m0/s1. The molecule has 7 aliphatic rings. The number of cyclic esters (lactones) is 1. The number of hydrogen-bond donors (Lipinski definition) is 2. The zero-order chi connectivity index (χ0) is 46.2. The zero-order valence-corrected chi connectivity index (χ0v) is 37.7. The molecule has 0 aromatic carbocycles. The van der Waals surface area contributed by atoms with E-state index in [4.69, 9.17) is 37.9 Å². The zero-order valence-electron chi connectivity index (χ0n) is 37.7. The fourth-order valence-corrected chi connectivity index (χ4v) is 13.4. The van der Waals surface area contributed by atoms with Crippen LogP contribution >= 0.6 is 0 Å². The van der Waals surface area contributed by atoms with Crippen LogP contribution in [0.1, 0.15) is 106 Å². The molecule has 0 radical (unpaired) electrons. The number of aliphatic hydroxyl groups is 2.